The van der Waals surface area contributed by atoms with Gasteiger partial charge in [-0.05, 0) is 13.3 Å². The van der Waals surface area contributed by atoms with Crippen molar-refractivity contribution in [2.24, 2.45) is 11.5 Å². The molecule has 4 amide bonds. The van der Waals surface area contributed by atoms with Crippen molar-refractivity contribution >= 4 is 48.2 Å². The zero-order valence-corrected chi connectivity index (χ0v) is 17.5. The number of amides is 4. The van der Waals surface area contributed by atoms with Crippen molar-refractivity contribution in [3.8, 4) is 0 Å². The first-order chi connectivity index (χ1) is 14.3. The van der Waals surface area contributed by atoms with Gasteiger partial charge in [0, 0.05) is 12.2 Å². The topological polar surface area (TPSA) is 251 Å². The summed E-state index contributed by atoms with van der Waals surface area (Å²) >= 11 is 3.92. The lowest BCUT2D eigenvalue weighted by Crippen LogP contribution is -2.59. The Kier molecular flexibility index (Phi) is 12.1. The van der Waals surface area contributed by atoms with E-state index in [2.05, 4.69) is 23.3 Å². The number of thiol groups is 1. The van der Waals surface area contributed by atoms with E-state index in [-0.39, 0.29) is 5.75 Å². The molecule has 0 aromatic heterocycles. The highest BCUT2D eigenvalue weighted by molar-refractivity contribution is 7.80. The largest absolute Gasteiger partial charge is 0.481 e. The predicted octanol–water partition coefficient (Wildman–Crippen LogP) is -4.10. The molecule has 31 heavy (non-hydrogen) atoms. The molecule has 0 saturated heterocycles. The van der Waals surface area contributed by atoms with Crippen molar-refractivity contribution in [1.29, 1.82) is 0 Å². The molecule has 0 radical (unpaired) electrons. The molecule has 0 aliphatic heterocycles. The minimum Gasteiger partial charge on any atom is -0.481 e. The van der Waals surface area contributed by atoms with Gasteiger partial charge in [-0.3, -0.25) is 24.0 Å². The van der Waals surface area contributed by atoms with Crippen LogP contribution in [-0.4, -0.2) is 86.9 Å². The summed E-state index contributed by atoms with van der Waals surface area (Å²) in [6.07, 6.45) is -2.92. The number of primary amides is 1. The van der Waals surface area contributed by atoms with Crippen LogP contribution in [0.25, 0.3) is 0 Å². The van der Waals surface area contributed by atoms with Crippen LogP contribution in [0.15, 0.2) is 0 Å². The first-order valence-electron chi connectivity index (χ1n) is 8.98. The maximum absolute atomic E-state index is 12.4. The first-order valence-corrected chi connectivity index (χ1v) is 9.61. The predicted molar refractivity (Wildman–Crippen MR) is 108 cm³/mol. The zero-order chi connectivity index (χ0) is 24.3. The zero-order valence-electron chi connectivity index (χ0n) is 16.6. The third kappa shape index (κ3) is 10.6. The molecule has 0 aliphatic carbocycles. The summed E-state index contributed by atoms with van der Waals surface area (Å²) in [7, 11) is 0. The van der Waals surface area contributed by atoms with Gasteiger partial charge in [-0.15, -0.1) is 0 Å². The quantitative estimate of drug-likeness (QED) is 0.112. The molecule has 0 heterocycles. The van der Waals surface area contributed by atoms with Crippen molar-refractivity contribution in [2.75, 3.05) is 5.75 Å². The Morgan fingerprint density at radius 1 is 0.903 bits per heavy atom. The molecular formula is C16H27N5O9S. The van der Waals surface area contributed by atoms with Crippen molar-refractivity contribution in [3.05, 3.63) is 0 Å². The van der Waals surface area contributed by atoms with E-state index in [0.29, 0.717) is 0 Å². The summed E-state index contributed by atoms with van der Waals surface area (Å²) < 4.78 is 0. The fourth-order valence-electron chi connectivity index (χ4n) is 2.16. The molecule has 10 N–H and O–H groups in total. The van der Waals surface area contributed by atoms with Crippen LogP contribution in [-0.2, 0) is 28.8 Å². The van der Waals surface area contributed by atoms with Gasteiger partial charge in [-0.2, -0.15) is 12.6 Å². The summed E-state index contributed by atoms with van der Waals surface area (Å²) in [6, 6.07) is -5.86. The normalized spacial score (nSPS) is 15.5. The van der Waals surface area contributed by atoms with Gasteiger partial charge in [0.2, 0.25) is 23.6 Å². The van der Waals surface area contributed by atoms with E-state index in [1.54, 1.807) is 0 Å². The molecule has 0 aromatic carbocycles. The maximum Gasteiger partial charge on any atom is 0.326 e. The van der Waals surface area contributed by atoms with Crippen LogP contribution >= 0.6 is 12.6 Å². The second-order valence-corrected chi connectivity index (χ2v) is 6.94. The minimum absolute atomic E-state index is 0.245. The van der Waals surface area contributed by atoms with Crippen molar-refractivity contribution < 1.29 is 44.1 Å². The minimum atomic E-state index is -1.61. The monoisotopic (exact) mass is 465 g/mol. The van der Waals surface area contributed by atoms with Gasteiger partial charge in [-0.25, -0.2) is 4.79 Å². The van der Waals surface area contributed by atoms with Gasteiger partial charge >= 0.3 is 11.9 Å². The smallest absolute Gasteiger partial charge is 0.326 e. The molecule has 5 atom stereocenters. The number of aliphatic carboxylic acids is 2. The van der Waals surface area contributed by atoms with E-state index in [4.69, 9.17) is 21.7 Å². The van der Waals surface area contributed by atoms with Crippen molar-refractivity contribution in [1.82, 2.24) is 16.0 Å². The number of rotatable bonds is 14. The van der Waals surface area contributed by atoms with Crippen LogP contribution < -0.4 is 27.4 Å². The molecule has 14 nitrogen and oxygen atoms in total. The van der Waals surface area contributed by atoms with E-state index in [0.717, 1.165) is 0 Å². The van der Waals surface area contributed by atoms with Crippen molar-refractivity contribution in [2.45, 2.75) is 56.5 Å². The second kappa shape index (κ2) is 13.4. The number of carboxylic acids is 2. The van der Waals surface area contributed by atoms with Gasteiger partial charge in [0.1, 0.15) is 24.2 Å². The molecule has 176 valence electrons. The van der Waals surface area contributed by atoms with E-state index >= 15 is 0 Å². The number of carboxylic acid groups (broad SMARTS) is 2. The number of nitrogens with two attached hydrogens (primary N) is 2. The third-order valence-electron chi connectivity index (χ3n) is 3.94. The second-order valence-electron chi connectivity index (χ2n) is 6.57. The molecular weight excluding hydrogens is 438 g/mol. The highest BCUT2D eigenvalue weighted by atomic mass is 32.1. The Bertz CT molecular complexity index is 703. The number of carbonyl (C=O) groups is 6. The van der Waals surface area contributed by atoms with E-state index in [1.807, 2.05) is 5.32 Å². The summed E-state index contributed by atoms with van der Waals surface area (Å²) in [5.41, 5.74) is 10.5. The lowest BCUT2D eigenvalue weighted by Gasteiger charge is -2.24. The highest BCUT2D eigenvalue weighted by Gasteiger charge is 2.31. The Morgan fingerprint density at radius 3 is 1.81 bits per heavy atom. The number of aliphatic hydroxyl groups is 1. The van der Waals surface area contributed by atoms with Gasteiger partial charge in [0.05, 0.1) is 12.5 Å². The maximum atomic E-state index is 12.4. The third-order valence-corrected chi connectivity index (χ3v) is 4.30. The Labute approximate surface area is 182 Å². The molecule has 0 rings (SSSR count). The molecule has 0 fully saturated rings. The Balaban J connectivity index is 5.31. The summed E-state index contributed by atoms with van der Waals surface area (Å²) in [5.74, 6) is -6.99. The molecule has 0 aromatic rings. The van der Waals surface area contributed by atoms with Gasteiger partial charge in [0.15, 0.2) is 0 Å². The number of nitrogens with one attached hydrogen (secondary N) is 3. The summed E-state index contributed by atoms with van der Waals surface area (Å²) in [5, 5.41) is 33.5. The van der Waals surface area contributed by atoms with Crippen LogP contribution in [0.1, 0.15) is 26.2 Å². The number of hydrogen-bond donors (Lipinski definition) is 9. The van der Waals surface area contributed by atoms with E-state index < -0.39 is 85.1 Å². The molecule has 0 saturated carbocycles. The van der Waals surface area contributed by atoms with Gasteiger partial charge in [0.25, 0.3) is 0 Å². The summed E-state index contributed by atoms with van der Waals surface area (Å²) in [4.78, 5) is 69.9. The fourth-order valence-corrected chi connectivity index (χ4v) is 2.42. The Morgan fingerprint density at radius 2 is 1.39 bits per heavy atom. The lowest BCUT2D eigenvalue weighted by molar-refractivity contribution is -0.143. The molecule has 0 spiro atoms. The van der Waals surface area contributed by atoms with Gasteiger partial charge in [-0.1, -0.05) is 0 Å². The number of aliphatic hydroxyl groups excluding tert-OH is 1. The van der Waals surface area contributed by atoms with Crippen molar-refractivity contribution in [3.63, 3.8) is 0 Å². The summed E-state index contributed by atoms with van der Waals surface area (Å²) in [6.45, 7) is 1.26. The van der Waals surface area contributed by atoms with E-state index in [1.165, 1.54) is 6.92 Å². The lowest BCUT2D eigenvalue weighted by atomic mass is 10.1. The fraction of sp³-hybridized carbons (Fsp3) is 0.625. The molecule has 0 aliphatic rings. The van der Waals surface area contributed by atoms with Gasteiger partial charge < -0.3 is 42.7 Å². The first kappa shape index (κ1) is 28.1. The number of carbonyl (C=O) groups excluding carboxylic acids is 4. The molecule has 15 heteroatoms. The van der Waals surface area contributed by atoms with Crippen LogP contribution in [0.4, 0.5) is 0 Å². The molecule has 0 bridgehead atoms. The van der Waals surface area contributed by atoms with Crippen LogP contribution in [0.3, 0.4) is 0 Å². The molecule has 5 unspecified atom stereocenters. The Hall–Kier alpha value is -2.91. The van der Waals surface area contributed by atoms with Crippen LogP contribution in [0.2, 0.25) is 0 Å². The average molecular weight is 465 g/mol. The van der Waals surface area contributed by atoms with Crippen LogP contribution in [0.5, 0.6) is 0 Å². The van der Waals surface area contributed by atoms with E-state index in [9.17, 15) is 33.9 Å². The standard InChI is InChI=1S/C16H27N5O9S/c1-6(22)12(18)15(28)21-9(5-31)14(27)20-8(4-10(17)23)13(26)19-7(16(29)30)2-3-11(24)25/h6-9,12,22,31H,2-5,18H2,1H3,(H2,17,23)(H,19,26)(H,20,27)(H,21,28)(H,24,25)(H,29,30). The average Bonchev–Trinajstić information content (AvgIpc) is 2.66. The number of hydrogen-bond acceptors (Lipinski definition) is 9. The van der Waals surface area contributed by atoms with Crippen LogP contribution in [0, 0.1) is 0 Å². The SMILES string of the molecule is CC(O)C(N)C(=O)NC(CS)C(=O)NC(CC(N)=O)C(=O)NC(CCC(=O)O)C(=O)O. The highest BCUT2D eigenvalue weighted by Crippen LogP contribution is 2.02.